The van der Waals surface area contributed by atoms with Crippen molar-refractivity contribution in [3.63, 3.8) is 0 Å². The number of hydrogen-bond donors (Lipinski definition) is 0. The van der Waals surface area contributed by atoms with E-state index in [4.69, 9.17) is 5.26 Å². The molecule has 1 aromatic rings. The summed E-state index contributed by atoms with van der Waals surface area (Å²) in [6.07, 6.45) is 1.73. The lowest BCUT2D eigenvalue weighted by Gasteiger charge is -2.06. The van der Waals surface area contributed by atoms with Gasteiger partial charge in [-0.25, -0.2) is 0 Å². The van der Waals surface area contributed by atoms with Crippen molar-refractivity contribution in [2.75, 3.05) is 0 Å². The molecule has 0 aliphatic heterocycles. The van der Waals surface area contributed by atoms with E-state index >= 15 is 0 Å². The fraction of sp³-hybridized carbons (Fsp3) is 0.400. The fourth-order valence-electron chi connectivity index (χ4n) is 1.09. The van der Waals surface area contributed by atoms with Gasteiger partial charge in [-0.05, 0) is 25.5 Å². The first-order valence-corrected chi connectivity index (χ1v) is 4.20. The summed E-state index contributed by atoms with van der Waals surface area (Å²) in [6.45, 7) is 4.14. The lowest BCUT2D eigenvalue weighted by molar-refractivity contribution is 0.563. The van der Waals surface area contributed by atoms with Gasteiger partial charge in [0.1, 0.15) is 0 Å². The van der Waals surface area contributed by atoms with Crippen LogP contribution in [0.1, 0.15) is 12.5 Å². The Kier molecular flexibility index (Phi) is 2.86. The minimum absolute atomic E-state index is 0.0397. The summed E-state index contributed by atoms with van der Waals surface area (Å²) in [7, 11) is 0. The lowest BCUT2D eigenvalue weighted by atomic mass is 10.2. The average Bonchev–Trinajstić information content (AvgIpc) is 2.09. The van der Waals surface area contributed by atoms with E-state index in [9.17, 15) is 4.79 Å². The number of pyridine rings is 1. The minimum atomic E-state index is -0.125. The largest absolute Gasteiger partial charge is 0.314 e. The van der Waals surface area contributed by atoms with Gasteiger partial charge in [-0.1, -0.05) is 0 Å². The second kappa shape index (κ2) is 3.90. The van der Waals surface area contributed by atoms with E-state index < -0.39 is 0 Å². The molecule has 1 rings (SSSR count). The summed E-state index contributed by atoms with van der Waals surface area (Å²) >= 11 is 0. The molecule has 0 aliphatic carbocycles. The molecule has 68 valence electrons. The Bertz CT molecular complexity index is 387. The SMILES string of the molecule is Cc1ccn(CC(C)C#N)c(=O)c1. The molecule has 3 heteroatoms. The molecular formula is C10H12N2O. The Labute approximate surface area is 77.2 Å². The maximum absolute atomic E-state index is 11.3. The maximum atomic E-state index is 11.3. The van der Waals surface area contributed by atoms with E-state index in [1.165, 1.54) is 0 Å². The zero-order valence-corrected chi connectivity index (χ0v) is 7.82. The van der Waals surface area contributed by atoms with Crippen molar-refractivity contribution in [2.45, 2.75) is 20.4 Å². The van der Waals surface area contributed by atoms with Crippen LogP contribution in [0, 0.1) is 24.2 Å². The van der Waals surface area contributed by atoms with Crippen LogP contribution in [0.4, 0.5) is 0 Å². The summed E-state index contributed by atoms with van der Waals surface area (Å²) in [5, 5.41) is 8.58. The van der Waals surface area contributed by atoms with Gasteiger partial charge in [-0.2, -0.15) is 5.26 Å². The number of nitrogens with zero attached hydrogens (tertiary/aromatic N) is 2. The summed E-state index contributed by atoms with van der Waals surface area (Å²) in [4.78, 5) is 11.3. The molecule has 0 saturated heterocycles. The molecule has 13 heavy (non-hydrogen) atoms. The van der Waals surface area contributed by atoms with Crippen molar-refractivity contribution in [3.05, 3.63) is 34.2 Å². The van der Waals surface area contributed by atoms with Gasteiger partial charge in [0.15, 0.2) is 0 Å². The first-order valence-electron chi connectivity index (χ1n) is 4.20. The smallest absolute Gasteiger partial charge is 0.250 e. The molecule has 0 bridgehead atoms. The van der Waals surface area contributed by atoms with Crippen molar-refractivity contribution in [2.24, 2.45) is 5.92 Å². The van der Waals surface area contributed by atoms with Crippen molar-refractivity contribution >= 4 is 0 Å². The molecule has 1 unspecified atom stereocenters. The van der Waals surface area contributed by atoms with Crippen LogP contribution in [0.25, 0.3) is 0 Å². The highest BCUT2D eigenvalue weighted by molar-refractivity contribution is 5.08. The van der Waals surface area contributed by atoms with Crippen LogP contribution >= 0.6 is 0 Å². The Morgan fingerprint density at radius 1 is 1.69 bits per heavy atom. The van der Waals surface area contributed by atoms with E-state index in [2.05, 4.69) is 6.07 Å². The van der Waals surface area contributed by atoms with Crippen LogP contribution in [-0.2, 0) is 6.54 Å². The van der Waals surface area contributed by atoms with Gasteiger partial charge in [-0.15, -0.1) is 0 Å². The van der Waals surface area contributed by atoms with Crippen molar-refractivity contribution in [1.82, 2.24) is 4.57 Å². The molecule has 0 saturated carbocycles. The zero-order valence-electron chi connectivity index (χ0n) is 7.82. The van der Waals surface area contributed by atoms with E-state index in [-0.39, 0.29) is 11.5 Å². The van der Waals surface area contributed by atoms with E-state index in [1.54, 1.807) is 23.8 Å². The summed E-state index contributed by atoms with van der Waals surface area (Å²) in [5.41, 5.74) is 0.910. The second-order valence-corrected chi connectivity index (χ2v) is 3.22. The van der Waals surface area contributed by atoms with Gasteiger partial charge in [0.2, 0.25) is 0 Å². The fourth-order valence-corrected chi connectivity index (χ4v) is 1.09. The van der Waals surface area contributed by atoms with Gasteiger partial charge in [0.25, 0.3) is 5.56 Å². The average molecular weight is 176 g/mol. The monoisotopic (exact) mass is 176 g/mol. The predicted molar refractivity (Wildman–Crippen MR) is 50.2 cm³/mol. The molecule has 0 N–H and O–H groups in total. The van der Waals surface area contributed by atoms with Gasteiger partial charge < -0.3 is 4.57 Å². The predicted octanol–water partition coefficient (Wildman–Crippen LogP) is 1.32. The molecule has 0 aromatic carbocycles. The van der Waals surface area contributed by atoms with Crippen molar-refractivity contribution in [1.29, 1.82) is 5.26 Å². The van der Waals surface area contributed by atoms with Crippen molar-refractivity contribution < 1.29 is 0 Å². The third-order valence-corrected chi connectivity index (χ3v) is 1.84. The van der Waals surface area contributed by atoms with Gasteiger partial charge >= 0.3 is 0 Å². The molecule has 1 atom stereocenters. The van der Waals surface area contributed by atoms with Crippen LogP contribution in [-0.4, -0.2) is 4.57 Å². The Morgan fingerprint density at radius 3 is 2.92 bits per heavy atom. The maximum Gasteiger partial charge on any atom is 0.250 e. The van der Waals surface area contributed by atoms with Crippen LogP contribution in [0.3, 0.4) is 0 Å². The van der Waals surface area contributed by atoms with E-state index in [1.807, 2.05) is 13.0 Å². The van der Waals surface area contributed by atoms with Crippen LogP contribution in [0.2, 0.25) is 0 Å². The van der Waals surface area contributed by atoms with Gasteiger partial charge in [-0.3, -0.25) is 4.79 Å². The highest BCUT2D eigenvalue weighted by Crippen LogP contribution is 1.97. The quantitative estimate of drug-likeness (QED) is 0.682. The molecule has 0 aliphatic rings. The van der Waals surface area contributed by atoms with Crippen molar-refractivity contribution in [3.8, 4) is 6.07 Å². The zero-order chi connectivity index (χ0) is 9.84. The normalized spacial score (nSPS) is 12.1. The second-order valence-electron chi connectivity index (χ2n) is 3.22. The molecule has 1 aromatic heterocycles. The standard InChI is InChI=1S/C10H12N2O/c1-8-3-4-12(10(13)5-8)7-9(2)6-11/h3-5,9H,7H2,1-2H3. The molecule has 0 spiro atoms. The third-order valence-electron chi connectivity index (χ3n) is 1.84. The Hall–Kier alpha value is -1.56. The van der Waals surface area contributed by atoms with Gasteiger partial charge in [0.05, 0.1) is 12.0 Å². The van der Waals surface area contributed by atoms with E-state index in [0.29, 0.717) is 6.54 Å². The number of aryl methyl sites for hydroxylation is 1. The molecular weight excluding hydrogens is 164 g/mol. The third kappa shape index (κ3) is 2.45. The highest BCUT2D eigenvalue weighted by Gasteiger charge is 2.01. The summed E-state index contributed by atoms with van der Waals surface area (Å²) < 4.78 is 1.56. The molecule has 1 heterocycles. The van der Waals surface area contributed by atoms with Crippen LogP contribution in [0.15, 0.2) is 23.1 Å². The molecule has 0 fully saturated rings. The lowest BCUT2D eigenvalue weighted by Crippen LogP contribution is -2.21. The number of nitriles is 1. The summed E-state index contributed by atoms with van der Waals surface area (Å²) in [6, 6.07) is 5.54. The summed E-state index contributed by atoms with van der Waals surface area (Å²) in [5.74, 6) is -0.125. The van der Waals surface area contributed by atoms with Gasteiger partial charge in [0, 0.05) is 18.8 Å². The van der Waals surface area contributed by atoms with Crippen LogP contribution < -0.4 is 5.56 Å². The highest BCUT2D eigenvalue weighted by atomic mass is 16.1. The minimum Gasteiger partial charge on any atom is -0.314 e. The Morgan fingerprint density at radius 2 is 2.38 bits per heavy atom. The molecule has 0 radical (unpaired) electrons. The number of aromatic nitrogens is 1. The molecule has 0 amide bonds. The van der Waals surface area contributed by atoms with Crippen LogP contribution in [0.5, 0.6) is 0 Å². The first kappa shape index (κ1) is 9.53. The topological polar surface area (TPSA) is 45.8 Å². The molecule has 3 nitrogen and oxygen atoms in total. The van der Waals surface area contributed by atoms with E-state index in [0.717, 1.165) is 5.56 Å². The Balaban J connectivity index is 2.92. The number of hydrogen-bond acceptors (Lipinski definition) is 2. The number of rotatable bonds is 2. The first-order chi connectivity index (χ1) is 6.13.